The van der Waals surface area contributed by atoms with Gasteiger partial charge in [0.1, 0.15) is 4.75 Å². The number of hydrogen-bond donors (Lipinski definition) is 3. The number of aliphatic hydroxyl groups excluding tert-OH is 1. The van der Waals surface area contributed by atoms with Crippen molar-refractivity contribution in [3.8, 4) is 11.1 Å². The molecule has 0 aliphatic heterocycles. The Morgan fingerprint density at radius 3 is 2.10 bits per heavy atom. The standard InChI is InChI=1S/C22H27NO5S/c1-22(21(25)23-26,29(2,27)28)12-11-15-3-5-16(6-4-15)17-7-9-18(10-8-17)20-13-19(20)14-24/h3-10,19-20,24,26H,11-14H2,1-2H3,(H,23,25)/t19-,20?,22?/m1/s1. The summed E-state index contributed by atoms with van der Waals surface area (Å²) in [7, 11) is -3.70. The minimum atomic E-state index is -3.70. The van der Waals surface area contributed by atoms with Gasteiger partial charge in [-0.3, -0.25) is 10.0 Å². The highest BCUT2D eigenvalue weighted by atomic mass is 32.2. The van der Waals surface area contributed by atoms with Gasteiger partial charge in [0.2, 0.25) is 0 Å². The fourth-order valence-corrected chi connectivity index (χ4v) is 4.47. The van der Waals surface area contributed by atoms with Crippen molar-refractivity contribution in [2.24, 2.45) is 5.92 Å². The normalized spacial score (nSPS) is 20.7. The highest BCUT2D eigenvalue weighted by Gasteiger charge is 2.43. The molecule has 1 aliphatic rings. The van der Waals surface area contributed by atoms with Gasteiger partial charge in [-0.1, -0.05) is 48.5 Å². The van der Waals surface area contributed by atoms with Crippen LogP contribution < -0.4 is 5.48 Å². The zero-order valence-electron chi connectivity index (χ0n) is 16.6. The number of hydrogen-bond acceptors (Lipinski definition) is 5. The maximum Gasteiger partial charge on any atom is 0.264 e. The predicted molar refractivity (Wildman–Crippen MR) is 111 cm³/mol. The summed E-state index contributed by atoms with van der Waals surface area (Å²) >= 11 is 0. The maximum absolute atomic E-state index is 12.0. The highest BCUT2D eigenvalue weighted by Crippen LogP contribution is 2.47. The molecule has 3 atom stereocenters. The van der Waals surface area contributed by atoms with Gasteiger partial charge in [-0.05, 0) is 60.3 Å². The van der Waals surface area contributed by atoms with E-state index in [1.54, 1.807) is 0 Å². The summed E-state index contributed by atoms with van der Waals surface area (Å²) in [5.74, 6) is -0.0572. The SMILES string of the molecule is CC(CCc1ccc(-c2ccc(C3C[C@@H]3CO)cc2)cc1)(C(=O)NO)S(C)(=O)=O. The molecule has 29 heavy (non-hydrogen) atoms. The van der Waals surface area contributed by atoms with Crippen molar-refractivity contribution in [2.45, 2.75) is 36.9 Å². The highest BCUT2D eigenvalue weighted by molar-refractivity contribution is 7.92. The lowest BCUT2D eigenvalue weighted by atomic mass is 9.97. The number of rotatable bonds is 8. The van der Waals surface area contributed by atoms with Crippen molar-refractivity contribution >= 4 is 15.7 Å². The van der Waals surface area contributed by atoms with E-state index >= 15 is 0 Å². The number of aryl methyl sites for hydroxylation is 1. The first kappa shape index (κ1) is 21.5. The molecule has 0 radical (unpaired) electrons. The van der Waals surface area contributed by atoms with E-state index < -0.39 is 20.5 Å². The molecule has 1 fully saturated rings. The third kappa shape index (κ3) is 4.52. The zero-order chi connectivity index (χ0) is 21.2. The number of aliphatic hydroxyl groups is 1. The average Bonchev–Trinajstić information content (AvgIpc) is 3.51. The van der Waals surface area contributed by atoms with Crippen LogP contribution in [0.2, 0.25) is 0 Å². The van der Waals surface area contributed by atoms with Crippen molar-refractivity contribution in [3.63, 3.8) is 0 Å². The Balaban J connectivity index is 1.68. The minimum absolute atomic E-state index is 0.0691. The Morgan fingerprint density at radius 1 is 1.10 bits per heavy atom. The summed E-state index contributed by atoms with van der Waals surface area (Å²) in [4.78, 5) is 11.9. The van der Waals surface area contributed by atoms with Gasteiger partial charge in [0.15, 0.2) is 9.84 Å². The smallest absolute Gasteiger partial charge is 0.264 e. The topological polar surface area (TPSA) is 104 Å². The van der Waals surface area contributed by atoms with E-state index in [1.807, 2.05) is 24.3 Å². The molecule has 0 bridgehead atoms. The van der Waals surface area contributed by atoms with E-state index in [-0.39, 0.29) is 13.0 Å². The second-order valence-electron chi connectivity index (χ2n) is 8.05. The van der Waals surface area contributed by atoms with Crippen LogP contribution in [0.25, 0.3) is 11.1 Å². The van der Waals surface area contributed by atoms with Crippen molar-refractivity contribution in [2.75, 3.05) is 12.9 Å². The predicted octanol–water partition coefficient (Wildman–Crippen LogP) is 2.69. The number of hydroxylamine groups is 1. The molecular formula is C22H27NO5S. The molecule has 3 N–H and O–H groups in total. The van der Waals surface area contributed by atoms with Gasteiger partial charge in [-0.2, -0.15) is 0 Å². The number of amides is 1. The van der Waals surface area contributed by atoms with E-state index in [4.69, 9.17) is 5.21 Å². The van der Waals surface area contributed by atoms with Gasteiger partial charge in [-0.25, -0.2) is 13.9 Å². The average molecular weight is 418 g/mol. The molecular weight excluding hydrogens is 390 g/mol. The number of carbonyl (C=O) groups is 1. The first-order valence-electron chi connectivity index (χ1n) is 9.64. The van der Waals surface area contributed by atoms with Crippen LogP contribution in [0.4, 0.5) is 0 Å². The summed E-state index contributed by atoms with van der Waals surface area (Å²) in [6, 6.07) is 16.1. The molecule has 0 saturated heterocycles. The third-order valence-corrected chi connectivity index (χ3v) is 8.10. The Bertz CT molecular complexity index is 969. The molecule has 0 aromatic heterocycles. The first-order valence-corrected chi connectivity index (χ1v) is 11.5. The lowest BCUT2D eigenvalue weighted by Gasteiger charge is -2.25. The van der Waals surface area contributed by atoms with E-state index in [9.17, 15) is 18.3 Å². The van der Waals surface area contributed by atoms with Gasteiger partial charge in [0.05, 0.1) is 0 Å². The molecule has 7 heteroatoms. The molecule has 156 valence electrons. The van der Waals surface area contributed by atoms with Crippen LogP contribution in [0.5, 0.6) is 0 Å². The molecule has 6 nitrogen and oxygen atoms in total. The molecule has 0 spiro atoms. The minimum Gasteiger partial charge on any atom is -0.396 e. The fraction of sp³-hybridized carbons (Fsp3) is 0.409. The summed E-state index contributed by atoms with van der Waals surface area (Å²) in [6.07, 6.45) is 2.50. The second-order valence-corrected chi connectivity index (χ2v) is 10.5. The van der Waals surface area contributed by atoms with Crippen molar-refractivity contribution < 1.29 is 23.5 Å². The third-order valence-electron chi connectivity index (χ3n) is 6.07. The van der Waals surface area contributed by atoms with Crippen LogP contribution in [-0.4, -0.2) is 42.2 Å². The monoisotopic (exact) mass is 417 g/mol. The number of nitrogens with one attached hydrogen (secondary N) is 1. The zero-order valence-corrected chi connectivity index (χ0v) is 17.4. The van der Waals surface area contributed by atoms with E-state index in [0.29, 0.717) is 18.3 Å². The molecule has 1 amide bonds. The molecule has 2 aromatic rings. The van der Waals surface area contributed by atoms with Crippen LogP contribution in [0.1, 0.15) is 36.8 Å². The van der Waals surface area contributed by atoms with E-state index in [2.05, 4.69) is 24.3 Å². The maximum atomic E-state index is 12.0. The van der Waals surface area contributed by atoms with Crippen LogP contribution in [0.3, 0.4) is 0 Å². The van der Waals surface area contributed by atoms with Crippen molar-refractivity contribution in [3.05, 3.63) is 59.7 Å². The molecule has 2 unspecified atom stereocenters. The lowest BCUT2D eigenvalue weighted by Crippen LogP contribution is -2.49. The summed E-state index contributed by atoms with van der Waals surface area (Å²) in [6.45, 7) is 1.57. The van der Waals surface area contributed by atoms with Gasteiger partial charge in [-0.15, -0.1) is 0 Å². The van der Waals surface area contributed by atoms with Crippen molar-refractivity contribution in [1.29, 1.82) is 0 Å². The Morgan fingerprint density at radius 2 is 1.66 bits per heavy atom. The Kier molecular flexibility index (Phi) is 6.12. The number of sulfone groups is 1. The molecule has 3 rings (SSSR count). The van der Waals surface area contributed by atoms with E-state index in [1.165, 1.54) is 18.0 Å². The number of benzene rings is 2. The summed E-state index contributed by atoms with van der Waals surface area (Å²) < 4.78 is 22.4. The van der Waals surface area contributed by atoms with Crippen LogP contribution in [-0.2, 0) is 21.1 Å². The van der Waals surface area contributed by atoms with Gasteiger partial charge in [0, 0.05) is 12.9 Å². The van der Waals surface area contributed by atoms with Gasteiger partial charge < -0.3 is 5.11 Å². The van der Waals surface area contributed by atoms with E-state index in [0.717, 1.165) is 29.4 Å². The van der Waals surface area contributed by atoms with Crippen LogP contribution in [0.15, 0.2) is 48.5 Å². The van der Waals surface area contributed by atoms with Gasteiger partial charge in [0.25, 0.3) is 5.91 Å². The number of carbonyl (C=O) groups excluding carboxylic acids is 1. The fourth-order valence-electron chi connectivity index (χ4n) is 3.61. The Labute approximate surface area is 171 Å². The molecule has 1 aliphatic carbocycles. The Hall–Kier alpha value is -2.22. The largest absolute Gasteiger partial charge is 0.396 e. The van der Waals surface area contributed by atoms with Gasteiger partial charge >= 0.3 is 0 Å². The van der Waals surface area contributed by atoms with Crippen LogP contribution >= 0.6 is 0 Å². The molecule has 2 aromatic carbocycles. The second kappa shape index (κ2) is 8.26. The molecule has 1 saturated carbocycles. The van der Waals surface area contributed by atoms with Crippen molar-refractivity contribution in [1.82, 2.24) is 5.48 Å². The van der Waals surface area contributed by atoms with Crippen LogP contribution in [0, 0.1) is 5.92 Å². The summed E-state index contributed by atoms with van der Waals surface area (Å²) in [5.41, 5.74) is 5.77. The molecule has 0 heterocycles. The first-order chi connectivity index (χ1) is 13.7. The lowest BCUT2D eigenvalue weighted by molar-refractivity contribution is -0.131. The summed E-state index contributed by atoms with van der Waals surface area (Å²) in [5, 5.41) is 18.1. The quantitative estimate of drug-likeness (QED) is 0.453.